The summed E-state index contributed by atoms with van der Waals surface area (Å²) in [5.74, 6) is 0.874. The lowest BCUT2D eigenvalue weighted by atomic mass is 9.97. The van der Waals surface area contributed by atoms with Crippen LogP contribution < -0.4 is 0 Å². The molecule has 0 aliphatic heterocycles. The minimum atomic E-state index is 0.874. The van der Waals surface area contributed by atoms with Crippen LogP contribution in [0.1, 0.15) is 287 Å². The Bertz CT molecular complexity index is 751. The van der Waals surface area contributed by atoms with Crippen LogP contribution >= 0.6 is 12.6 Å². The van der Waals surface area contributed by atoms with Crippen LogP contribution in [0.4, 0.5) is 0 Å². The number of rotatable bonds is 43. The topological polar surface area (TPSA) is 0 Å². The van der Waals surface area contributed by atoms with E-state index in [2.05, 4.69) is 44.7 Å². The number of hydrogen-bond donors (Lipinski definition) is 1. The fourth-order valence-electron chi connectivity index (χ4n) is 8.39. The van der Waals surface area contributed by atoms with Gasteiger partial charge in [0.25, 0.3) is 0 Å². The molecule has 0 spiro atoms. The predicted octanol–water partition coefficient (Wildman–Crippen LogP) is 18.8. The maximum absolute atomic E-state index is 4.63. The average Bonchev–Trinajstić information content (AvgIpc) is 3.16. The van der Waals surface area contributed by atoms with E-state index in [0.29, 0.717) is 0 Å². The molecule has 0 bridgehead atoms. The minimum Gasteiger partial charge on any atom is -0.175 e. The molecule has 0 aliphatic rings. The molecule has 0 nitrogen and oxygen atoms in total. The Hall–Kier alpha value is -0.430. The van der Waals surface area contributed by atoms with Crippen molar-refractivity contribution in [2.45, 2.75) is 289 Å². The molecule has 0 heterocycles. The first kappa shape index (κ1) is 49.6. The van der Waals surface area contributed by atoms with Crippen molar-refractivity contribution < 1.29 is 0 Å². The van der Waals surface area contributed by atoms with Gasteiger partial charge >= 0.3 is 0 Å². The van der Waals surface area contributed by atoms with Crippen molar-refractivity contribution in [1.29, 1.82) is 0 Å². The fourth-order valence-corrected chi connectivity index (χ4v) is 8.57. The van der Waals surface area contributed by atoms with Crippen LogP contribution in [-0.2, 0) is 18.6 Å². The summed E-state index contributed by atoms with van der Waals surface area (Å²) in [6.07, 6.45) is 60.6. The Morgan fingerprint density at radius 1 is 0.250 bits per heavy atom. The lowest BCUT2D eigenvalue weighted by Gasteiger charge is -2.10. The highest BCUT2D eigenvalue weighted by Crippen LogP contribution is 2.20. The maximum atomic E-state index is 4.63. The molecular formula is C51H96S. The van der Waals surface area contributed by atoms with Gasteiger partial charge in [-0.05, 0) is 42.4 Å². The number of unbranched alkanes of at least 4 members (excludes halogenated alkanes) is 38. The third-order valence-corrected chi connectivity index (χ3v) is 12.3. The van der Waals surface area contributed by atoms with Gasteiger partial charge < -0.3 is 0 Å². The third kappa shape index (κ3) is 35.3. The lowest BCUT2D eigenvalue weighted by Crippen LogP contribution is -1.94. The van der Waals surface area contributed by atoms with Crippen molar-refractivity contribution in [3.8, 4) is 0 Å². The highest BCUT2D eigenvalue weighted by atomic mass is 32.1. The first-order valence-electron chi connectivity index (χ1n) is 24.5. The summed E-state index contributed by atoms with van der Waals surface area (Å²) in [4.78, 5) is 0. The Kier molecular flexibility index (Phi) is 39.8. The highest BCUT2D eigenvalue weighted by Gasteiger charge is 2.03. The molecule has 1 heteroatoms. The summed E-state index contributed by atoms with van der Waals surface area (Å²) in [7, 11) is 0. The third-order valence-electron chi connectivity index (χ3n) is 11.9. The molecule has 52 heavy (non-hydrogen) atoms. The van der Waals surface area contributed by atoms with Gasteiger partial charge in [-0.3, -0.25) is 0 Å². The van der Waals surface area contributed by atoms with Crippen molar-refractivity contribution in [2.24, 2.45) is 0 Å². The van der Waals surface area contributed by atoms with E-state index in [1.165, 1.54) is 275 Å². The molecule has 0 aliphatic carbocycles. The maximum Gasteiger partial charge on any atom is 0.0154 e. The second-order valence-electron chi connectivity index (χ2n) is 17.3. The highest BCUT2D eigenvalue weighted by molar-refractivity contribution is 7.79. The normalized spacial score (nSPS) is 11.6. The quantitative estimate of drug-likeness (QED) is 0.0500. The van der Waals surface area contributed by atoms with Gasteiger partial charge in [0.2, 0.25) is 0 Å². The zero-order chi connectivity index (χ0) is 37.3. The van der Waals surface area contributed by atoms with E-state index in [0.717, 1.165) is 5.75 Å². The van der Waals surface area contributed by atoms with Crippen LogP contribution in [0.25, 0.3) is 0 Å². The van der Waals surface area contributed by atoms with Crippen LogP contribution in [0.2, 0.25) is 0 Å². The molecule has 1 aromatic carbocycles. The standard InChI is InChI=1S/C51H96S/c1-3-5-7-9-11-13-15-17-19-21-23-25-27-29-31-33-35-37-39-41-43-49-45-50(47-51(46-49)48-52)44-42-40-38-36-34-32-30-28-26-24-22-20-18-16-14-12-10-8-6-4-2/h45-47,52H,3-44,48H2,1-2H3. The van der Waals surface area contributed by atoms with Crippen molar-refractivity contribution in [3.05, 3.63) is 34.9 Å². The second kappa shape index (κ2) is 41.7. The Morgan fingerprint density at radius 2 is 0.423 bits per heavy atom. The van der Waals surface area contributed by atoms with Gasteiger partial charge in [-0.2, -0.15) is 12.6 Å². The van der Waals surface area contributed by atoms with Gasteiger partial charge in [0.05, 0.1) is 0 Å². The molecule has 0 amide bonds. The van der Waals surface area contributed by atoms with Crippen LogP contribution in [0.5, 0.6) is 0 Å². The van der Waals surface area contributed by atoms with Crippen LogP contribution in [-0.4, -0.2) is 0 Å². The number of aryl methyl sites for hydroxylation is 2. The van der Waals surface area contributed by atoms with E-state index in [9.17, 15) is 0 Å². The molecule has 306 valence electrons. The van der Waals surface area contributed by atoms with Gasteiger partial charge in [0.15, 0.2) is 0 Å². The van der Waals surface area contributed by atoms with Crippen molar-refractivity contribution in [2.75, 3.05) is 0 Å². The van der Waals surface area contributed by atoms with E-state index in [4.69, 9.17) is 0 Å². The summed E-state index contributed by atoms with van der Waals surface area (Å²) in [6, 6.07) is 7.39. The van der Waals surface area contributed by atoms with Gasteiger partial charge in [-0.1, -0.05) is 276 Å². The molecule has 0 saturated carbocycles. The Balaban J connectivity index is 1.90. The largest absolute Gasteiger partial charge is 0.175 e. The van der Waals surface area contributed by atoms with Gasteiger partial charge in [-0.15, -0.1) is 0 Å². The zero-order valence-corrected chi connectivity index (χ0v) is 37.0. The van der Waals surface area contributed by atoms with E-state index in [1.54, 1.807) is 11.1 Å². The van der Waals surface area contributed by atoms with Gasteiger partial charge in [0.1, 0.15) is 0 Å². The molecule has 0 atom stereocenters. The molecule has 0 N–H and O–H groups in total. The molecule has 0 saturated heterocycles. The number of thiol groups is 1. The van der Waals surface area contributed by atoms with E-state index >= 15 is 0 Å². The summed E-state index contributed by atoms with van der Waals surface area (Å²) in [5, 5.41) is 0. The predicted molar refractivity (Wildman–Crippen MR) is 243 cm³/mol. The lowest BCUT2D eigenvalue weighted by molar-refractivity contribution is 0.521. The minimum absolute atomic E-state index is 0.874. The summed E-state index contributed by atoms with van der Waals surface area (Å²) in [6.45, 7) is 4.62. The molecule has 1 rings (SSSR count). The molecule has 0 radical (unpaired) electrons. The monoisotopic (exact) mass is 741 g/mol. The molecule has 1 aromatic rings. The van der Waals surface area contributed by atoms with E-state index in [1.807, 2.05) is 0 Å². The SMILES string of the molecule is CCCCCCCCCCCCCCCCCCCCCCc1cc(CS)cc(CCCCCCCCCCCCCCCCCCCCCC)c1. The van der Waals surface area contributed by atoms with Crippen LogP contribution in [0, 0.1) is 0 Å². The Morgan fingerprint density at radius 3 is 0.615 bits per heavy atom. The van der Waals surface area contributed by atoms with Crippen molar-refractivity contribution in [1.82, 2.24) is 0 Å². The summed E-state index contributed by atoms with van der Waals surface area (Å²) in [5.41, 5.74) is 4.56. The van der Waals surface area contributed by atoms with Crippen molar-refractivity contribution in [3.63, 3.8) is 0 Å². The number of benzene rings is 1. The molecular weight excluding hydrogens is 645 g/mol. The smallest absolute Gasteiger partial charge is 0.0154 e. The van der Waals surface area contributed by atoms with E-state index in [-0.39, 0.29) is 0 Å². The van der Waals surface area contributed by atoms with Crippen molar-refractivity contribution >= 4 is 12.6 Å². The Labute approximate surface area is 335 Å². The van der Waals surface area contributed by atoms with Gasteiger partial charge in [-0.25, -0.2) is 0 Å². The molecule has 0 fully saturated rings. The average molecular weight is 741 g/mol. The van der Waals surface area contributed by atoms with E-state index < -0.39 is 0 Å². The first-order chi connectivity index (χ1) is 25.8. The van der Waals surface area contributed by atoms with Crippen LogP contribution in [0.3, 0.4) is 0 Å². The summed E-state index contributed by atoms with van der Waals surface area (Å²) >= 11 is 4.63. The fraction of sp³-hybridized carbons (Fsp3) is 0.882. The molecule has 0 aromatic heterocycles. The van der Waals surface area contributed by atoms with Crippen LogP contribution in [0.15, 0.2) is 18.2 Å². The summed E-state index contributed by atoms with van der Waals surface area (Å²) < 4.78 is 0. The number of hydrogen-bond acceptors (Lipinski definition) is 1. The zero-order valence-electron chi connectivity index (χ0n) is 36.1. The molecule has 0 unspecified atom stereocenters. The van der Waals surface area contributed by atoms with Gasteiger partial charge in [0, 0.05) is 5.75 Å². The second-order valence-corrected chi connectivity index (χ2v) is 17.6. The first-order valence-corrected chi connectivity index (χ1v) is 25.2.